The van der Waals surface area contributed by atoms with Crippen LogP contribution in [0.25, 0.3) is 12.2 Å². The Bertz CT molecular complexity index is 1830. The van der Waals surface area contributed by atoms with Crippen molar-refractivity contribution in [2.75, 3.05) is 14.1 Å². The van der Waals surface area contributed by atoms with Gasteiger partial charge in [-0.3, -0.25) is 19.3 Å². The van der Waals surface area contributed by atoms with Crippen LogP contribution in [0.3, 0.4) is 0 Å². The Kier molecular flexibility index (Phi) is 8.09. The molecule has 0 aromatic heterocycles. The Morgan fingerprint density at radius 1 is 0.958 bits per heavy atom. The molecule has 0 saturated carbocycles. The van der Waals surface area contributed by atoms with Crippen LogP contribution in [0.5, 0.6) is 5.75 Å². The number of hydrogen-bond donors (Lipinski definition) is 6. The molecule has 48 heavy (non-hydrogen) atoms. The highest BCUT2D eigenvalue weighted by Crippen LogP contribution is 2.55. The second-order valence-corrected chi connectivity index (χ2v) is 12.2. The molecule has 0 heterocycles. The number of aromatic hydroxyl groups is 1. The third kappa shape index (κ3) is 5.05. The molecule has 3 aliphatic rings. The van der Waals surface area contributed by atoms with Gasteiger partial charge in [-0.15, -0.1) is 0 Å². The zero-order chi connectivity index (χ0) is 36.0. The van der Waals surface area contributed by atoms with E-state index in [0.717, 1.165) is 12.2 Å². The zero-order valence-corrected chi connectivity index (χ0v) is 25.2. The molecule has 0 aliphatic heterocycles. The van der Waals surface area contributed by atoms with Gasteiger partial charge >= 0.3 is 12.4 Å². The summed E-state index contributed by atoms with van der Waals surface area (Å²) in [5, 5.41) is 56.9. The molecule has 1 amide bonds. The predicted octanol–water partition coefficient (Wildman–Crippen LogP) is 3.86. The van der Waals surface area contributed by atoms with Gasteiger partial charge in [-0.2, -0.15) is 26.3 Å². The maximum Gasteiger partial charge on any atom is 0.416 e. The molecule has 16 heteroatoms. The highest BCUT2D eigenvalue weighted by Gasteiger charge is 2.67. The van der Waals surface area contributed by atoms with Gasteiger partial charge in [0, 0.05) is 17.1 Å². The Morgan fingerprint density at radius 3 is 2.02 bits per heavy atom. The van der Waals surface area contributed by atoms with Gasteiger partial charge < -0.3 is 31.3 Å². The number of Topliss-reactive ketones (excluding diaryl/α,β-unsaturated/α-hetero) is 2. The number of rotatable bonds is 4. The lowest BCUT2D eigenvalue weighted by molar-refractivity contribution is -0.162. The number of fused-ring (bicyclic) bond motifs is 3. The minimum absolute atomic E-state index is 0.0528. The summed E-state index contributed by atoms with van der Waals surface area (Å²) in [6.07, 6.45) is -10.2. The first-order chi connectivity index (χ1) is 22.0. The summed E-state index contributed by atoms with van der Waals surface area (Å²) in [5.41, 5.74) is -3.91. The van der Waals surface area contributed by atoms with Gasteiger partial charge in [-0.25, -0.2) is 0 Å². The van der Waals surface area contributed by atoms with Crippen LogP contribution in [0, 0.1) is 11.8 Å². The summed E-state index contributed by atoms with van der Waals surface area (Å²) in [4.78, 5) is 40.9. The number of phenolic OH excluding ortho intramolecular Hbond substituents is 1. The van der Waals surface area contributed by atoms with Crippen LogP contribution in [-0.2, 0) is 21.9 Å². The topological polar surface area (TPSA) is 182 Å². The summed E-state index contributed by atoms with van der Waals surface area (Å²) < 4.78 is 80.0. The van der Waals surface area contributed by atoms with Crippen molar-refractivity contribution in [3.05, 3.63) is 86.4 Å². The number of hydrogen-bond acceptors (Lipinski definition) is 9. The summed E-state index contributed by atoms with van der Waals surface area (Å²) in [5.74, 6) is -11.1. The molecule has 5 rings (SSSR count). The van der Waals surface area contributed by atoms with Crippen LogP contribution >= 0.6 is 0 Å². The number of aliphatic hydroxyl groups is 4. The number of amides is 1. The summed E-state index contributed by atoms with van der Waals surface area (Å²) >= 11 is 0. The number of carbonyl (C=O) groups excluding carboxylic acids is 3. The van der Waals surface area contributed by atoms with E-state index in [-0.39, 0.29) is 17.2 Å². The van der Waals surface area contributed by atoms with Crippen molar-refractivity contribution in [2.24, 2.45) is 17.6 Å². The highest BCUT2D eigenvalue weighted by atomic mass is 19.4. The molecular formula is C32H28F6N2O8. The molecule has 0 spiro atoms. The van der Waals surface area contributed by atoms with Crippen molar-refractivity contribution in [2.45, 2.75) is 42.9 Å². The molecule has 6 unspecified atom stereocenters. The number of ketones is 2. The molecule has 0 saturated heterocycles. The fourth-order valence-corrected chi connectivity index (χ4v) is 7.03. The SMILES string of the molecule is CC1c2ccc(/C=C/c3cc(C(F)(F)F)cc(C(F)(F)F)c3)c(O)c2C(=O)C2=C(O)C3(O)C(=O)C(C(N)=O)=C(O)C(N(C)C)C3C(O)C21. The first-order valence-corrected chi connectivity index (χ1v) is 14.2. The highest BCUT2D eigenvalue weighted by molar-refractivity contribution is 6.25. The van der Waals surface area contributed by atoms with Gasteiger partial charge in [0.15, 0.2) is 11.4 Å². The zero-order valence-electron chi connectivity index (χ0n) is 25.2. The largest absolute Gasteiger partial charge is 0.510 e. The number of likely N-dealkylation sites (N-methyl/N-ethyl adjacent to an activating group) is 1. The number of primary amides is 1. The molecule has 2 aromatic carbocycles. The van der Waals surface area contributed by atoms with E-state index >= 15 is 0 Å². The van der Waals surface area contributed by atoms with E-state index in [2.05, 4.69) is 0 Å². The van der Waals surface area contributed by atoms with Gasteiger partial charge in [-0.05, 0) is 49.3 Å². The van der Waals surface area contributed by atoms with Crippen molar-refractivity contribution in [3.63, 3.8) is 0 Å². The van der Waals surface area contributed by atoms with Crippen molar-refractivity contribution in [1.29, 1.82) is 0 Å². The number of phenols is 1. The molecule has 256 valence electrons. The quantitative estimate of drug-likeness (QED) is 0.159. The monoisotopic (exact) mass is 682 g/mol. The first kappa shape index (κ1) is 34.7. The van der Waals surface area contributed by atoms with Crippen LogP contribution in [0.15, 0.2) is 53.0 Å². The molecule has 3 aliphatic carbocycles. The van der Waals surface area contributed by atoms with E-state index in [0.29, 0.717) is 12.1 Å². The second kappa shape index (κ2) is 11.2. The summed E-state index contributed by atoms with van der Waals surface area (Å²) in [6, 6.07) is 1.96. The Morgan fingerprint density at radius 2 is 1.52 bits per heavy atom. The van der Waals surface area contributed by atoms with Crippen LogP contribution < -0.4 is 5.73 Å². The minimum Gasteiger partial charge on any atom is -0.510 e. The Hall–Kier alpha value is -4.67. The summed E-state index contributed by atoms with van der Waals surface area (Å²) in [6.45, 7) is 1.49. The number of nitrogens with zero attached hydrogens (tertiary/aromatic N) is 1. The van der Waals surface area contributed by atoms with E-state index in [1.165, 1.54) is 38.1 Å². The van der Waals surface area contributed by atoms with Gasteiger partial charge in [0.25, 0.3) is 5.91 Å². The van der Waals surface area contributed by atoms with E-state index < -0.39 is 116 Å². The van der Waals surface area contributed by atoms with Gasteiger partial charge in [0.2, 0.25) is 5.78 Å². The van der Waals surface area contributed by atoms with Crippen molar-refractivity contribution in [1.82, 2.24) is 4.90 Å². The third-order valence-corrected chi connectivity index (χ3v) is 9.23. The lowest BCUT2D eigenvalue weighted by Gasteiger charge is -2.53. The number of carbonyl (C=O) groups is 3. The minimum atomic E-state index is -5.11. The van der Waals surface area contributed by atoms with Crippen molar-refractivity contribution in [3.8, 4) is 5.75 Å². The normalized spacial score (nSPS) is 27.8. The van der Waals surface area contributed by atoms with E-state index in [9.17, 15) is 66.3 Å². The van der Waals surface area contributed by atoms with E-state index in [1.54, 1.807) is 0 Å². The van der Waals surface area contributed by atoms with Crippen molar-refractivity contribution >= 4 is 29.6 Å². The van der Waals surface area contributed by atoms with E-state index in [1.807, 2.05) is 0 Å². The predicted molar refractivity (Wildman–Crippen MR) is 155 cm³/mol. The second-order valence-electron chi connectivity index (χ2n) is 12.2. The van der Waals surface area contributed by atoms with Gasteiger partial charge in [0.1, 0.15) is 22.8 Å². The number of benzene rings is 2. The molecule has 0 fully saturated rings. The molecule has 0 radical (unpaired) electrons. The Labute approximate surface area is 267 Å². The fourth-order valence-electron chi connectivity index (χ4n) is 7.03. The average molecular weight is 683 g/mol. The summed E-state index contributed by atoms with van der Waals surface area (Å²) in [7, 11) is 2.78. The van der Waals surface area contributed by atoms with Crippen LogP contribution in [0.4, 0.5) is 26.3 Å². The molecule has 10 nitrogen and oxygen atoms in total. The van der Waals surface area contributed by atoms with Crippen LogP contribution in [0.2, 0.25) is 0 Å². The standard InChI is InChI=1S/C32H28F6N2O8/c1-11-16-7-6-13(5-4-12-8-14(31(33,34)35)10-15(9-12)32(36,37)38)23(41)18(16)24(42)19-17(11)25(43)21-22(40(2)3)26(44)20(29(39)47)28(46)30(21,48)27(19)45/h4-11,17,21-22,25,41,43-45,48H,1-3H3,(H2,39,47)/b5-4+. The molecular weight excluding hydrogens is 654 g/mol. The van der Waals surface area contributed by atoms with Crippen LogP contribution in [-0.4, -0.2) is 79.7 Å². The maximum absolute atomic E-state index is 14.0. The first-order valence-electron chi connectivity index (χ1n) is 14.2. The smallest absolute Gasteiger partial charge is 0.416 e. The van der Waals surface area contributed by atoms with Gasteiger partial charge in [-0.1, -0.05) is 31.2 Å². The van der Waals surface area contributed by atoms with Crippen LogP contribution in [0.1, 0.15) is 51.0 Å². The maximum atomic E-state index is 14.0. The lowest BCUT2D eigenvalue weighted by Crippen LogP contribution is -2.68. The third-order valence-electron chi connectivity index (χ3n) is 9.23. The molecule has 7 N–H and O–H groups in total. The van der Waals surface area contributed by atoms with Crippen molar-refractivity contribution < 1.29 is 66.3 Å². The Balaban J connectivity index is 1.66. The molecule has 2 aromatic rings. The molecule has 0 bridgehead atoms. The number of halogens is 6. The average Bonchev–Trinajstić information content (AvgIpc) is 2.97. The van der Waals surface area contributed by atoms with Gasteiger partial charge in [0.05, 0.1) is 34.8 Å². The van der Waals surface area contributed by atoms with E-state index in [4.69, 9.17) is 5.73 Å². The molecule has 6 atom stereocenters. The number of alkyl halides is 6. The number of aliphatic hydroxyl groups excluding tert-OH is 3. The number of nitrogens with two attached hydrogens (primary N) is 1. The fraction of sp³-hybridized carbons (Fsp3) is 0.344. The lowest BCUT2D eigenvalue weighted by atomic mass is 9.55.